The van der Waals surface area contributed by atoms with Crippen molar-refractivity contribution in [2.45, 2.75) is 52.1 Å². The summed E-state index contributed by atoms with van der Waals surface area (Å²) in [6.07, 6.45) is 5.11. The van der Waals surface area contributed by atoms with Gasteiger partial charge in [0.15, 0.2) is 5.65 Å². The topological polar surface area (TPSA) is 93.8 Å². The van der Waals surface area contributed by atoms with Gasteiger partial charge in [0.1, 0.15) is 17.3 Å². The molecule has 5 aromatic rings. The van der Waals surface area contributed by atoms with Crippen LogP contribution in [0.5, 0.6) is 0 Å². The van der Waals surface area contributed by atoms with Gasteiger partial charge in [0.2, 0.25) is 0 Å². The van der Waals surface area contributed by atoms with Crippen molar-refractivity contribution in [3.63, 3.8) is 0 Å². The molecule has 9 nitrogen and oxygen atoms in total. The van der Waals surface area contributed by atoms with Gasteiger partial charge in [-0.15, -0.1) is 0 Å². The molecule has 0 saturated carbocycles. The first-order valence-electron chi connectivity index (χ1n) is 14.0. The van der Waals surface area contributed by atoms with Crippen molar-refractivity contribution >= 4 is 27.8 Å². The van der Waals surface area contributed by atoms with Crippen LogP contribution in [-0.4, -0.2) is 55.0 Å². The number of nitrogens with zero attached hydrogens (tertiary/aromatic N) is 7. The van der Waals surface area contributed by atoms with Crippen molar-refractivity contribution in [1.82, 2.24) is 34.6 Å². The molecular formula is C30H31FN8O. The first-order chi connectivity index (χ1) is 19.4. The zero-order valence-electron chi connectivity index (χ0n) is 22.9. The number of nitrogens with one attached hydrogen (secondary N) is 1. The van der Waals surface area contributed by atoms with Crippen LogP contribution in [0.15, 0.2) is 47.5 Å². The standard InChI is InChI=1S/C30H31FN8O/c1-17(2)24-27-19(9-10-33-24)7-5-12-38-26-20(16-34-38)6-4-8-21(26)25-23(31)14-22-28(37-13-11-32-15-18(37)3)36-30(40)39(27)29(22)35-25/h4,6,8-10,14,16-18,32H,5,7,11-13,15H2,1-3H3/t18-/m0/s1. The third-order valence-electron chi connectivity index (χ3n) is 8.11. The lowest BCUT2D eigenvalue weighted by atomic mass is 10.00. The third kappa shape index (κ3) is 3.81. The normalized spacial score (nSPS) is 17.3. The lowest BCUT2D eigenvalue weighted by Crippen LogP contribution is -2.50. The lowest BCUT2D eigenvalue weighted by Gasteiger charge is -2.35. The second-order valence-electron chi connectivity index (χ2n) is 11.1. The third-order valence-corrected chi connectivity index (χ3v) is 8.11. The Kier molecular flexibility index (Phi) is 5.88. The van der Waals surface area contributed by atoms with Crippen molar-refractivity contribution in [3.05, 3.63) is 70.3 Å². The molecule has 6 heterocycles. The van der Waals surface area contributed by atoms with E-state index in [1.54, 1.807) is 10.8 Å². The van der Waals surface area contributed by atoms with Gasteiger partial charge in [-0.2, -0.15) is 10.1 Å². The van der Waals surface area contributed by atoms with Crippen LogP contribution in [0.3, 0.4) is 0 Å². The lowest BCUT2D eigenvalue weighted by molar-refractivity contribution is 0.497. The molecule has 1 atom stereocenters. The van der Waals surface area contributed by atoms with E-state index >= 15 is 4.39 Å². The number of piperazine rings is 1. The van der Waals surface area contributed by atoms with Gasteiger partial charge in [-0.3, -0.25) is 9.67 Å². The number of rotatable bonds is 2. The fourth-order valence-corrected chi connectivity index (χ4v) is 6.19. The molecule has 7 rings (SSSR count). The maximum atomic E-state index is 16.2. The van der Waals surface area contributed by atoms with Crippen LogP contribution in [0.4, 0.5) is 10.2 Å². The molecule has 1 saturated heterocycles. The molecule has 0 amide bonds. The van der Waals surface area contributed by atoms with Crippen molar-refractivity contribution in [1.29, 1.82) is 0 Å². The first kappa shape index (κ1) is 24.8. The zero-order chi connectivity index (χ0) is 27.5. The van der Waals surface area contributed by atoms with E-state index in [1.165, 1.54) is 6.07 Å². The highest BCUT2D eigenvalue weighted by molar-refractivity contribution is 5.96. The summed E-state index contributed by atoms with van der Waals surface area (Å²) in [4.78, 5) is 30.4. The quantitative estimate of drug-likeness (QED) is 0.360. The highest BCUT2D eigenvalue weighted by atomic mass is 19.1. The van der Waals surface area contributed by atoms with Crippen LogP contribution in [0.2, 0.25) is 0 Å². The molecule has 10 heteroatoms. The Morgan fingerprint density at radius 3 is 2.85 bits per heavy atom. The highest BCUT2D eigenvalue weighted by Crippen LogP contribution is 2.36. The van der Waals surface area contributed by atoms with Gasteiger partial charge < -0.3 is 10.2 Å². The van der Waals surface area contributed by atoms with Crippen molar-refractivity contribution in [2.75, 3.05) is 24.5 Å². The number of pyridine rings is 2. The minimum atomic E-state index is -0.462. The molecule has 4 aromatic heterocycles. The monoisotopic (exact) mass is 538 g/mol. The summed E-state index contributed by atoms with van der Waals surface area (Å²) in [5, 5.41) is 9.45. The Bertz CT molecular complexity index is 1840. The number of fused-ring (bicyclic) bond motifs is 4. The maximum absolute atomic E-state index is 16.2. The van der Waals surface area contributed by atoms with Crippen molar-refractivity contribution in [3.8, 4) is 16.9 Å². The van der Waals surface area contributed by atoms with E-state index in [0.717, 1.165) is 41.7 Å². The van der Waals surface area contributed by atoms with Gasteiger partial charge in [-0.1, -0.05) is 32.0 Å². The summed E-state index contributed by atoms with van der Waals surface area (Å²) in [7, 11) is 0. The summed E-state index contributed by atoms with van der Waals surface area (Å²) in [5.74, 6) is 0.0514. The molecule has 0 radical (unpaired) electrons. The Morgan fingerprint density at radius 1 is 1.15 bits per heavy atom. The van der Waals surface area contributed by atoms with E-state index in [9.17, 15) is 4.79 Å². The number of aromatic nitrogens is 6. The Labute approximate surface area is 230 Å². The summed E-state index contributed by atoms with van der Waals surface area (Å²) >= 11 is 0. The number of anilines is 1. The molecular weight excluding hydrogens is 507 g/mol. The predicted molar refractivity (Wildman–Crippen MR) is 154 cm³/mol. The summed E-state index contributed by atoms with van der Waals surface area (Å²) in [6, 6.07) is 9.30. The van der Waals surface area contributed by atoms with Crippen LogP contribution in [-0.2, 0) is 13.0 Å². The number of aryl methyl sites for hydroxylation is 2. The largest absolute Gasteiger partial charge is 0.355 e. The van der Waals surface area contributed by atoms with Crippen LogP contribution >= 0.6 is 0 Å². The summed E-state index contributed by atoms with van der Waals surface area (Å²) < 4.78 is 19.7. The van der Waals surface area contributed by atoms with Gasteiger partial charge in [0.25, 0.3) is 0 Å². The molecule has 2 aliphatic rings. The number of hydrogen-bond donors (Lipinski definition) is 1. The predicted octanol–water partition coefficient (Wildman–Crippen LogP) is 4.20. The highest BCUT2D eigenvalue weighted by Gasteiger charge is 2.28. The molecule has 1 fully saturated rings. The van der Waals surface area contributed by atoms with E-state index < -0.39 is 11.5 Å². The average molecular weight is 539 g/mol. The minimum Gasteiger partial charge on any atom is -0.351 e. The molecule has 1 aromatic carbocycles. The van der Waals surface area contributed by atoms with Gasteiger partial charge in [-0.25, -0.2) is 18.7 Å². The second-order valence-corrected chi connectivity index (χ2v) is 11.1. The molecule has 1 N–H and O–H groups in total. The van der Waals surface area contributed by atoms with Crippen molar-refractivity contribution < 1.29 is 4.39 Å². The van der Waals surface area contributed by atoms with Crippen LogP contribution in [0, 0.1) is 5.82 Å². The second kappa shape index (κ2) is 9.48. The van der Waals surface area contributed by atoms with E-state index in [2.05, 4.69) is 41.1 Å². The zero-order valence-corrected chi connectivity index (χ0v) is 22.9. The van der Waals surface area contributed by atoms with Crippen LogP contribution in [0.25, 0.3) is 38.9 Å². The number of para-hydroxylation sites is 1. The minimum absolute atomic E-state index is 0.0454. The molecule has 40 heavy (non-hydrogen) atoms. The molecule has 0 unspecified atom stereocenters. The number of hydrogen-bond acceptors (Lipinski definition) is 7. The smallest absolute Gasteiger partial charge is 0.351 e. The molecule has 2 bridgehead atoms. The number of halogens is 1. The first-order valence-corrected chi connectivity index (χ1v) is 14.0. The van der Waals surface area contributed by atoms with Gasteiger partial charge >= 0.3 is 5.69 Å². The van der Waals surface area contributed by atoms with Crippen molar-refractivity contribution in [2.24, 2.45) is 0 Å². The Hall–Kier alpha value is -4.18. The number of benzene rings is 1. The fourth-order valence-electron chi connectivity index (χ4n) is 6.19. The van der Waals surface area contributed by atoms with Crippen LogP contribution in [0.1, 0.15) is 44.4 Å². The SMILES string of the molecule is CC(C)c1nccc2c1-n1c(=O)nc(N3CCNC[C@@H]3C)c3cc(F)c(nc31)-c1cccc3cnn(c13)CCC2. The average Bonchev–Trinajstić information content (AvgIpc) is 3.36. The van der Waals surface area contributed by atoms with Gasteiger partial charge in [0.05, 0.1) is 28.5 Å². The summed E-state index contributed by atoms with van der Waals surface area (Å²) in [6.45, 7) is 8.99. The Morgan fingerprint density at radius 2 is 2.02 bits per heavy atom. The van der Waals surface area contributed by atoms with E-state index in [-0.39, 0.29) is 17.7 Å². The fraction of sp³-hybridized carbons (Fsp3) is 0.367. The molecule has 0 spiro atoms. The Balaban J connectivity index is 1.64. The van der Waals surface area contributed by atoms with E-state index in [1.807, 2.05) is 35.1 Å². The molecule has 0 aliphatic carbocycles. The van der Waals surface area contributed by atoms with Gasteiger partial charge in [0, 0.05) is 49.4 Å². The van der Waals surface area contributed by atoms with Crippen LogP contribution < -0.4 is 15.9 Å². The van der Waals surface area contributed by atoms with Gasteiger partial charge in [-0.05, 0) is 43.4 Å². The van der Waals surface area contributed by atoms with E-state index in [4.69, 9.17) is 9.97 Å². The molecule has 2 aliphatic heterocycles. The maximum Gasteiger partial charge on any atom is 0.355 e. The van der Waals surface area contributed by atoms with E-state index in [0.29, 0.717) is 47.6 Å². The summed E-state index contributed by atoms with van der Waals surface area (Å²) in [5.41, 5.74) is 4.10. The molecule has 204 valence electrons.